The molecule has 0 saturated heterocycles. The van der Waals surface area contributed by atoms with E-state index in [1.165, 1.54) is 23.9 Å². The van der Waals surface area contributed by atoms with Gasteiger partial charge in [-0.3, -0.25) is 9.59 Å². The van der Waals surface area contributed by atoms with Crippen LogP contribution < -0.4 is 10.6 Å². The zero-order valence-corrected chi connectivity index (χ0v) is 15.0. The Morgan fingerprint density at radius 2 is 1.76 bits per heavy atom. The Morgan fingerprint density at radius 1 is 1.08 bits per heavy atom. The second-order valence-corrected chi connectivity index (χ2v) is 6.97. The average molecular weight is 360 g/mol. The third kappa shape index (κ3) is 5.90. The quantitative estimate of drug-likeness (QED) is 0.705. The maximum Gasteiger partial charge on any atom is 0.237 e. The van der Waals surface area contributed by atoms with Crippen LogP contribution in [0.5, 0.6) is 0 Å². The molecule has 2 amide bonds. The largest absolute Gasteiger partial charge is 0.326 e. The number of nitrogens with one attached hydrogen (secondary N) is 2. The number of anilines is 2. The van der Waals surface area contributed by atoms with Gasteiger partial charge in [0.25, 0.3) is 0 Å². The smallest absolute Gasteiger partial charge is 0.237 e. The van der Waals surface area contributed by atoms with E-state index in [0.29, 0.717) is 6.42 Å². The second kappa shape index (κ2) is 9.22. The predicted molar refractivity (Wildman–Crippen MR) is 100 cm³/mol. The van der Waals surface area contributed by atoms with Gasteiger partial charge in [0, 0.05) is 17.0 Å². The molecule has 25 heavy (non-hydrogen) atoms. The summed E-state index contributed by atoms with van der Waals surface area (Å²) < 4.78 is 13.6. The first-order valence-electron chi connectivity index (χ1n) is 8.11. The molecule has 1 atom stereocenters. The van der Waals surface area contributed by atoms with Gasteiger partial charge in [0.05, 0.1) is 10.9 Å². The molecule has 0 heterocycles. The molecule has 2 aromatic carbocycles. The number of halogens is 1. The van der Waals surface area contributed by atoms with Crippen LogP contribution in [0, 0.1) is 5.82 Å². The van der Waals surface area contributed by atoms with E-state index >= 15 is 0 Å². The van der Waals surface area contributed by atoms with Gasteiger partial charge in [0.1, 0.15) is 5.82 Å². The summed E-state index contributed by atoms with van der Waals surface area (Å²) in [5.74, 6) is -0.740. The topological polar surface area (TPSA) is 58.2 Å². The van der Waals surface area contributed by atoms with Crippen molar-refractivity contribution in [3.8, 4) is 0 Å². The van der Waals surface area contributed by atoms with Gasteiger partial charge in [0.15, 0.2) is 0 Å². The Bertz CT molecular complexity index is 734. The standard InChI is InChI=1S/C19H21FN2O2S/c1-3-6-18(23)21-14-9-11-15(12-10-14)25-13(2)19(24)22-17-8-5-4-7-16(17)20/h4-5,7-13H,3,6H2,1-2H3,(H,21,23)(H,22,24). The van der Waals surface area contributed by atoms with Crippen molar-refractivity contribution < 1.29 is 14.0 Å². The molecular formula is C19H21FN2O2S. The molecule has 0 aliphatic rings. The van der Waals surface area contributed by atoms with Gasteiger partial charge in [0.2, 0.25) is 11.8 Å². The molecule has 0 spiro atoms. The van der Waals surface area contributed by atoms with Crippen molar-refractivity contribution in [2.45, 2.75) is 36.8 Å². The Hall–Kier alpha value is -2.34. The minimum atomic E-state index is -0.458. The maximum absolute atomic E-state index is 13.6. The molecule has 2 N–H and O–H groups in total. The molecule has 132 valence electrons. The number of hydrogen-bond donors (Lipinski definition) is 2. The number of thioether (sulfide) groups is 1. The van der Waals surface area contributed by atoms with Crippen molar-refractivity contribution in [3.05, 3.63) is 54.3 Å². The van der Waals surface area contributed by atoms with Gasteiger partial charge in [-0.05, 0) is 49.7 Å². The molecule has 2 aromatic rings. The van der Waals surface area contributed by atoms with Crippen molar-refractivity contribution in [2.24, 2.45) is 0 Å². The molecule has 0 bridgehead atoms. The van der Waals surface area contributed by atoms with Crippen LogP contribution in [-0.4, -0.2) is 17.1 Å². The number of carbonyl (C=O) groups is 2. The highest BCUT2D eigenvalue weighted by Crippen LogP contribution is 2.26. The highest BCUT2D eigenvalue weighted by molar-refractivity contribution is 8.00. The van der Waals surface area contributed by atoms with Crippen LogP contribution >= 0.6 is 11.8 Å². The van der Waals surface area contributed by atoms with Crippen LogP contribution in [0.1, 0.15) is 26.7 Å². The van der Waals surface area contributed by atoms with Crippen molar-refractivity contribution in [2.75, 3.05) is 10.6 Å². The van der Waals surface area contributed by atoms with Crippen LogP contribution in [0.2, 0.25) is 0 Å². The first kappa shape index (κ1) is 19.0. The van der Waals surface area contributed by atoms with E-state index < -0.39 is 5.82 Å². The minimum Gasteiger partial charge on any atom is -0.326 e. The minimum absolute atomic E-state index is 0.0134. The first-order valence-corrected chi connectivity index (χ1v) is 8.99. The van der Waals surface area contributed by atoms with E-state index in [-0.39, 0.29) is 22.8 Å². The number of hydrogen-bond acceptors (Lipinski definition) is 3. The lowest BCUT2D eigenvalue weighted by Gasteiger charge is -2.13. The van der Waals surface area contributed by atoms with Crippen molar-refractivity contribution in [1.29, 1.82) is 0 Å². The van der Waals surface area contributed by atoms with Crippen LogP contribution in [0.25, 0.3) is 0 Å². The average Bonchev–Trinajstić information content (AvgIpc) is 2.59. The van der Waals surface area contributed by atoms with Crippen LogP contribution in [0.3, 0.4) is 0 Å². The normalized spacial score (nSPS) is 11.6. The Labute approximate surface area is 151 Å². The van der Waals surface area contributed by atoms with E-state index in [4.69, 9.17) is 0 Å². The Balaban J connectivity index is 1.91. The Morgan fingerprint density at radius 3 is 2.40 bits per heavy atom. The molecule has 0 aromatic heterocycles. The molecule has 2 rings (SSSR count). The molecule has 0 aliphatic heterocycles. The summed E-state index contributed by atoms with van der Waals surface area (Å²) in [5.41, 5.74) is 0.903. The molecule has 0 aliphatic carbocycles. The van der Waals surface area contributed by atoms with Gasteiger partial charge in [-0.25, -0.2) is 4.39 Å². The molecule has 6 heteroatoms. The number of carbonyl (C=O) groups excluding carboxylic acids is 2. The molecule has 4 nitrogen and oxygen atoms in total. The van der Waals surface area contributed by atoms with Gasteiger partial charge in [-0.2, -0.15) is 0 Å². The first-order chi connectivity index (χ1) is 12.0. The third-order valence-electron chi connectivity index (χ3n) is 3.43. The number of benzene rings is 2. The fraction of sp³-hybridized carbons (Fsp3) is 0.263. The summed E-state index contributed by atoms with van der Waals surface area (Å²) in [6.45, 7) is 3.71. The highest BCUT2D eigenvalue weighted by atomic mass is 32.2. The van der Waals surface area contributed by atoms with E-state index in [1.807, 2.05) is 19.1 Å². The molecule has 0 saturated carbocycles. The maximum atomic E-state index is 13.6. The summed E-state index contributed by atoms with van der Waals surface area (Å²) >= 11 is 1.37. The lowest BCUT2D eigenvalue weighted by Crippen LogP contribution is -2.22. The SMILES string of the molecule is CCCC(=O)Nc1ccc(SC(C)C(=O)Nc2ccccc2F)cc1. The molecule has 0 radical (unpaired) electrons. The van der Waals surface area contributed by atoms with Gasteiger partial charge >= 0.3 is 0 Å². The highest BCUT2D eigenvalue weighted by Gasteiger charge is 2.16. The monoisotopic (exact) mass is 360 g/mol. The lowest BCUT2D eigenvalue weighted by atomic mass is 10.3. The second-order valence-electron chi connectivity index (χ2n) is 5.55. The van der Waals surface area contributed by atoms with Crippen molar-refractivity contribution >= 4 is 35.0 Å². The summed E-state index contributed by atoms with van der Waals surface area (Å²) in [5, 5.41) is 5.02. The summed E-state index contributed by atoms with van der Waals surface area (Å²) in [4.78, 5) is 24.7. The Kier molecular flexibility index (Phi) is 7.01. The zero-order chi connectivity index (χ0) is 18.2. The van der Waals surface area contributed by atoms with Gasteiger partial charge in [-0.15, -0.1) is 11.8 Å². The fourth-order valence-electron chi connectivity index (χ4n) is 2.12. The number of amides is 2. The molecule has 1 unspecified atom stereocenters. The summed E-state index contributed by atoms with van der Waals surface area (Å²) in [6, 6.07) is 13.4. The fourth-order valence-corrected chi connectivity index (χ4v) is 2.99. The van der Waals surface area contributed by atoms with E-state index in [0.717, 1.165) is 17.0 Å². The van der Waals surface area contributed by atoms with Crippen LogP contribution in [0.4, 0.5) is 15.8 Å². The van der Waals surface area contributed by atoms with E-state index in [2.05, 4.69) is 10.6 Å². The van der Waals surface area contributed by atoms with Gasteiger partial charge < -0.3 is 10.6 Å². The third-order valence-corrected chi connectivity index (χ3v) is 4.54. The van der Waals surface area contributed by atoms with Crippen molar-refractivity contribution in [1.82, 2.24) is 0 Å². The van der Waals surface area contributed by atoms with Crippen LogP contribution in [-0.2, 0) is 9.59 Å². The molecule has 0 fully saturated rings. The molecular weight excluding hydrogens is 339 g/mol. The number of para-hydroxylation sites is 1. The summed E-state index contributed by atoms with van der Waals surface area (Å²) in [6.07, 6.45) is 1.29. The lowest BCUT2D eigenvalue weighted by molar-refractivity contribution is -0.116. The number of rotatable bonds is 7. The van der Waals surface area contributed by atoms with Crippen LogP contribution in [0.15, 0.2) is 53.4 Å². The van der Waals surface area contributed by atoms with Crippen molar-refractivity contribution in [3.63, 3.8) is 0 Å². The van der Waals surface area contributed by atoms with E-state index in [1.54, 1.807) is 31.2 Å². The summed E-state index contributed by atoms with van der Waals surface area (Å²) in [7, 11) is 0. The zero-order valence-electron chi connectivity index (χ0n) is 14.2. The van der Waals surface area contributed by atoms with E-state index in [9.17, 15) is 14.0 Å². The van der Waals surface area contributed by atoms with Gasteiger partial charge in [-0.1, -0.05) is 19.1 Å². The predicted octanol–water partition coefficient (Wildman–Crippen LogP) is 4.68.